The zero-order valence-corrected chi connectivity index (χ0v) is 16.4. The Bertz CT molecular complexity index is 560. The van der Waals surface area contributed by atoms with Crippen LogP contribution in [0.5, 0.6) is 0 Å². The van der Waals surface area contributed by atoms with Gasteiger partial charge in [0.05, 0.1) is 0 Å². The lowest BCUT2D eigenvalue weighted by Crippen LogP contribution is -2.46. The molecule has 26 heavy (non-hydrogen) atoms. The van der Waals surface area contributed by atoms with E-state index in [0.29, 0.717) is 12.5 Å². The summed E-state index contributed by atoms with van der Waals surface area (Å²) in [4.78, 5) is 27.9. The van der Waals surface area contributed by atoms with Crippen molar-refractivity contribution in [2.75, 3.05) is 26.2 Å². The number of thiophene rings is 1. The number of nitrogens with zero attached hydrogens (tertiary/aromatic N) is 1. The van der Waals surface area contributed by atoms with Crippen molar-refractivity contribution in [3.63, 3.8) is 0 Å². The maximum Gasteiger partial charge on any atom is 0.309 e. The molecule has 0 radical (unpaired) electrons. The minimum Gasteiger partial charge on any atom is -0.347 e. The van der Waals surface area contributed by atoms with E-state index in [1.807, 2.05) is 11.3 Å². The fraction of sp³-hybridized carbons (Fsp3) is 0.700. The monoisotopic (exact) mass is 377 g/mol. The molecule has 2 aliphatic rings. The minimum atomic E-state index is -0.484. The lowest BCUT2D eigenvalue weighted by Gasteiger charge is -2.31. The molecule has 1 aromatic rings. The summed E-state index contributed by atoms with van der Waals surface area (Å²) in [5.41, 5.74) is 0. The lowest BCUT2D eigenvalue weighted by molar-refractivity contribution is -0.139. The van der Waals surface area contributed by atoms with Gasteiger partial charge in [0.25, 0.3) is 0 Å². The van der Waals surface area contributed by atoms with Crippen LogP contribution in [0.3, 0.4) is 0 Å². The van der Waals surface area contributed by atoms with E-state index in [0.717, 1.165) is 45.3 Å². The van der Waals surface area contributed by atoms with Gasteiger partial charge in [-0.25, -0.2) is 0 Å². The van der Waals surface area contributed by atoms with E-state index in [4.69, 9.17) is 0 Å². The molecule has 1 aliphatic carbocycles. The molecule has 5 nitrogen and oxygen atoms in total. The largest absolute Gasteiger partial charge is 0.347 e. The van der Waals surface area contributed by atoms with Crippen molar-refractivity contribution in [3.8, 4) is 0 Å². The molecule has 2 heterocycles. The summed E-state index contributed by atoms with van der Waals surface area (Å²) in [6, 6.07) is 4.53. The fourth-order valence-corrected chi connectivity index (χ4v) is 4.95. The first-order chi connectivity index (χ1) is 12.7. The quantitative estimate of drug-likeness (QED) is 0.613. The van der Waals surface area contributed by atoms with Crippen molar-refractivity contribution in [2.45, 2.75) is 63.3 Å². The molecule has 2 amide bonds. The van der Waals surface area contributed by atoms with Gasteiger partial charge >= 0.3 is 11.8 Å². The number of likely N-dealkylation sites (tertiary alicyclic amines) is 1. The molecule has 1 saturated heterocycles. The fourth-order valence-electron chi connectivity index (χ4n) is 4.05. The van der Waals surface area contributed by atoms with E-state index >= 15 is 0 Å². The molecule has 3 rings (SSSR count). The topological polar surface area (TPSA) is 61.4 Å². The third kappa shape index (κ3) is 5.81. The molecule has 0 aromatic carbocycles. The third-order valence-electron chi connectivity index (χ3n) is 5.64. The van der Waals surface area contributed by atoms with Gasteiger partial charge in [-0.05, 0) is 56.1 Å². The first kappa shape index (κ1) is 19.4. The molecule has 2 fully saturated rings. The summed E-state index contributed by atoms with van der Waals surface area (Å²) < 4.78 is 0. The van der Waals surface area contributed by atoms with Crippen LogP contribution in [-0.2, 0) is 9.59 Å². The lowest BCUT2D eigenvalue weighted by atomic mass is 9.95. The molecular weight excluding hydrogens is 346 g/mol. The predicted molar refractivity (Wildman–Crippen MR) is 105 cm³/mol. The minimum absolute atomic E-state index is 0.173. The molecule has 0 spiro atoms. The smallest absolute Gasteiger partial charge is 0.309 e. The van der Waals surface area contributed by atoms with Gasteiger partial charge in [0.2, 0.25) is 0 Å². The van der Waals surface area contributed by atoms with Gasteiger partial charge in [-0.1, -0.05) is 31.7 Å². The van der Waals surface area contributed by atoms with Crippen molar-refractivity contribution in [1.82, 2.24) is 15.5 Å². The summed E-state index contributed by atoms with van der Waals surface area (Å²) >= 11 is 1.85. The average Bonchev–Trinajstić information content (AvgIpc) is 3.07. The van der Waals surface area contributed by atoms with Crippen LogP contribution in [0, 0.1) is 0 Å². The highest BCUT2D eigenvalue weighted by molar-refractivity contribution is 7.10. The number of hydrogen-bond acceptors (Lipinski definition) is 4. The van der Waals surface area contributed by atoms with Crippen LogP contribution in [0.1, 0.15) is 62.2 Å². The molecular formula is C20H31N3O2S. The number of nitrogens with one attached hydrogen (secondary N) is 2. The van der Waals surface area contributed by atoms with Gasteiger partial charge in [0.15, 0.2) is 0 Å². The Labute approximate surface area is 160 Å². The first-order valence-corrected chi connectivity index (χ1v) is 10.9. The molecule has 1 saturated carbocycles. The molecule has 1 aliphatic heterocycles. The zero-order chi connectivity index (χ0) is 18.2. The number of carbonyl (C=O) groups excluding carboxylic acids is 2. The molecule has 144 valence electrons. The molecule has 2 N–H and O–H groups in total. The summed E-state index contributed by atoms with van der Waals surface area (Å²) in [5, 5.41) is 7.84. The maximum absolute atomic E-state index is 12.0. The van der Waals surface area contributed by atoms with Crippen LogP contribution in [0.25, 0.3) is 0 Å². The Morgan fingerprint density at radius 3 is 2.42 bits per heavy atom. The second-order valence-electron chi connectivity index (χ2n) is 7.55. The Hall–Kier alpha value is -1.40. The van der Waals surface area contributed by atoms with Crippen molar-refractivity contribution < 1.29 is 9.59 Å². The number of hydrogen-bond donors (Lipinski definition) is 2. The van der Waals surface area contributed by atoms with Crippen molar-refractivity contribution >= 4 is 23.2 Å². The van der Waals surface area contributed by atoms with E-state index in [2.05, 4.69) is 33.0 Å². The SMILES string of the molecule is O=C(NCCN1CCC(c2cccs2)CC1)C(=O)NC1CCCCCC1. The number of carbonyl (C=O) groups is 2. The summed E-state index contributed by atoms with van der Waals surface area (Å²) in [6.07, 6.45) is 9.12. The Morgan fingerprint density at radius 1 is 1.04 bits per heavy atom. The van der Waals surface area contributed by atoms with E-state index in [-0.39, 0.29) is 6.04 Å². The number of rotatable bonds is 5. The Kier molecular flexibility index (Phi) is 7.50. The van der Waals surface area contributed by atoms with Gasteiger partial charge in [-0.15, -0.1) is 11.3 Å². The van der Waals surface area contributed by atoms with Crippen molar-refractivity contribution in [2.24, 2.45) is 0 Å². The molecule has 0 unspecified atom stereocenters. The predicted octanol–water partition coefficient (Wildman–Crippen LogP) is 2.88. The number of piperidine rings is 1. The molecule has 1 aromatic heterocycles. The van der Waals surface area contributed by atoms with Gasteiger partial charge in [-0.2, -0.15) is 0 Å². The molecule has 0 bridgehead atoms. The van der Waals surface area contributed by atoms with Gasteiger partial charge in [0.1, 0.15) is 0 Å². The van der Waals surface area contributed by atoms with Crippen molar-refractivity contribution in [3.05, 3.63) is 22.4 Å². The molecule has 0 atom stereocenters. The second kappa shape index (κ2) is 10.1. The number of amides is 2. The van der Waals surface area contributed by atoms with Crippen LogP contribution in [-0.4, -0.2) is 48.9 Å². The van der Waals surface area contributed by atoms with E-state index in [9.17, 15) is 9.59 Å². The highest BCUT2D eigenvalue weighted by Gasteiger charge is 2.22. The second-order valence-corrected chi connectivity index (χ2v) is 8.53. The Balaban J connectivity index is 1.30. The highest BCUT2D eigenvalue weighted by Crippen LogP contribution is 2.30. The zero-order valence-electron chi connectivity index (χ0n) is 15.5. The normalized spacial score (nSPS) is 20.5. The van der Waals surface area contributed by atoms with E-state index in [1.165, 1.54) is 30.6 Å². The highest BCUT2D eigenvalue weighted by atomic mass is 32.1. The van der Waals surface area contributed by atoms with Crippen LogP contribution < -0.4 is 10.6 Å². The summed E-state index contributed by atoms with van der Waals surface area (Å²) in [6.45, 7) is 3.49. The molecule has 6 heteroatoms. The summed E-state index contributed by atoms with van der Waals surface area (Å²) in [7, 11) is 0. The Morgan fingerprint density at radius 2 is 1.77 bits per heavy atom. The van der Waals surface area contributed by atoms with Gasteiger partial charge in [0, 0.05) is 24.0 Å². The van der Waals surface area contributed by atoms with Crippen molar-refractivity contribution in [1.29, 1.82) is 0 Å². The summed E-state index contributed by atoms with van der Waals surface area (Å²) in [5.74, 6) is -0.262. The van der Waals surface area contributed by atoms with Crippen LogP contribution >= 0.6 is 11.3 Å². The standard InChI is InChI=1S/C20H31N3O2S/c24-19(20(25)22-17-6-3-1-2-4-7-17)21-11-14-23-12-9-16(10-13-23)18-8-5-15-26-18/h5,8,15-17H,1-4,6-7,9-14H2,(H,21,24)(H,22,25). The van der Waals surface area contributed by atoms with Crippen LogP contribution in [0.4, 0.5) is 0 Å². The van der Waals surface area contributed by atoms with Crippen LogP contribution in [0.2, 0.25) is 0 Å². The van der Waals surface area contributed by atoms with Gasteiger partial charge in [-0.3, -0.25) is 9.59 Å². The van der Waals surface area contributed by atoms with Crippen LogP contribution in [0.15, 0.2) is 17.5 Å². The first-order valence-electron chi connectivity index (χ1n) is 10.1. The van der Waals surface area contributed by atoms with Gasteiger partial charge < -0.3 is 15.5 Å². The average molecular weight is 378 g/mol. The van der Waals surface area contributed by atoms with E-state index < -0.39 is 11.8 Å². The maximum atomic E-state index is 12.0. The van der Waals surface area contributed by atoms with E-state index in [1.54, 1.807) is 0 Å². The third-order valence-corrected chi connectivity index (χ3v) is 6.68.